The van der Waals surface area contributed by atoms with Gasteiger partial charge in [0, 0.05) is 66.2 Å². The van der Waals surface area contributed by atoms with Crippen molar-refractivity contribution in [2.45, 2.75) is 13.0 Å². The van der Waals surface area contributed by atoms with Crippen LogP contribution in [0.25, 0.3) is 0 Å². The molecule has 7 nitrogen and oxygen atoms in total. The van der Waals surface area contributed by atoms with Crippen LogP contribution in [0, 0.1) is 11.6 Å². The molecule has 1 saturated heterocycles. The molecule has 0 bridgehead atoms. The van der Waals surface area contributed by atoms with Crippen LogP contribution in [-0.2, 0) is 22.5 Å². The first-order chi connectivity index (χ1) is 16.0. The SMILES string of the molecule is NC(=O)Cc1cnc(Nc2ccc(N3CCOCC3)cc2)cc1NCc1ccc(F)cc1F. The van der Waals surface area contributed by atoms with Gasteiger partial charge in [0.25, 0.3) is 0 Å². The molecule has 172 valence electrons. The number of nitrogens with zero attached hydrogens (tertiary/aromatic N) is 2. The van der Waals surface area contributed by atoms with E-state index in [1.807, 2.05) is 24.3 Å². The fraction of sp³-hybridized carbons (Fsp3) is 0.250. The minimum absolute atomic E-state index is 0.0181. The van der Waals surface area contributed by atoms with E-state index in [9.17, 15) is 13.6 Å². The summed E-state index contributed by atoms with van der Waals surface area (Å²) in [4.78, 5) is 18.1. The van der Waals surface area contributed by atoms with Gasteiger partial charge in [-0.25, -0.2) is 13.8 Å². The zero-order chi connectivity index (χ0) is 23.2. The molecule has 1 fully saturated rings. The number of aromatic nitrogens is 1. The molecule has 0 radical (unpaired) electrons. The number of carbonyl (C=O) groups excluding carboxylic acids is 1. The molecule has 0 spiro atoms. The van der Waals surface area contributed by atoms with E-state index in [-0.39, 0.29) is 13.0 Å². The monoisotopic (exact) mass is 453 g/mol. The molecular weight excluding hydrogens is 428 g/mol. The maximum absolute atomic E-state index is 14.0. The van der Waals surface area contributed by atoms with E-state index >= 15 is 0 Å². The lowest BCUT2D eigenvalue weighted by molar-refractivity contribution is -0.117. The lowest BCUT2D eigenvalue weighted by Gasteiger charge is -2.28. The highest BCUT2D eigenvalue weighted by Gasteiger charge is 2.12. The fourth-order valence-electron chi connectivity index (χ4n) is 3.63. The number of hydrogen-bond acceptors (Lipinski definition) is 6. The number of benzene rings is 2. The number of morpholine rings is 1. The first-order valence-corrected chi connectivity index (χ1v) is 10.6. The first-order valence-electron chi connectivity index (χ1n) is 10.6. The molecule has 3 aromatic rings. The smallest absolute Gasteiger partial charge is 0.221 e. The summed E-state index contributed by atoms with van der Waals surface area (Å²) in [6.07, 6.45) is 1.54. The molecule has 33 heavy (non-hydrogen) atoms. The average molecular weight is 453 g/mol. The number of primary amides is 1. The van der Waals surface area contributed by atoms with Gasteiger partial charge < -0.3 is 26.0 Å². The summed E-state index contributed by atoms with van der Waals surface area (Å²) in [6.45, 7) is 3.27. The van der Waals surface area contributed by atoms with E-state index in [4.69, 9.17) is 10.5 Å². The third-order valence-electron chi connectivity index (χ3n) is 5.35. The van der Waals surface area contributed by atoms with E-state index < -0.39 is 17.5 Å². The van der Waals surface area contributed by atoms with Gasteiger partial charge in [0.05, 0.1) is 19.6 Å². The van der Waals surface area contributed by atoms with Crippen LogP contribution in [0.4, 0.5) is 31.7 Å². The summed E-state index contributed by atoms with van der Waals surface area (Å²) in [5, 5.41) is 6.34. The Kier molecular flexibility index (Phi) is 6.99. The highest BCUT2D eigenvalue weighted by atomic mass is 19.1. The van der Waals surface area contributed by atoms with Crippen LogP contribution in [0.1, 0.15) is 11.1 Å². The lowest BCUT2D eigenvalue weighted by atomic mass is 10.1. The number of hydrogen-bond donors (Lipinski definition) is 3. The van der Waals surface area contributed by atoms with Crippen molar-refractivity contribution < 1.29 is 18.3 Å². The number of ether oxygens (including phenoxy) is 1. The van der Waals surface area contributed by atoms with Crippen molar-refractivity contribution in [3.63, 3.8) is 0 Å². The Morgan fingerprint density at radius 3 is 2.52 bits per heavy atom. The van der Waals surface area contributed by atoms with Crippen molar-refractivity contribution in [2.75, 3.05) is 41.8 Å². The van der Waals surface area contributed by atoms with Gasteiger partial charge in [0.15, 0.2) is 0 Å². The molecule has 1 aliphatic rings. The predicted molar refractivity (Wildman–Crippen MR) is 124 cm³/mol. The summed E-state index contributed by atoms with van der Waals surface area (Å²) in [5.74, 6) is -1.25. The maximum Gasteiger partial charge on any atom is 0.221 e. The van der Waals surface area contributed by atoms with Crippen LogP contribution in [0.2, 0.25) is 0 Å². The first kappa shape index (κ1) is 22.5. The molecule has 4 N–H and O–H groups in total. The maximum atomic E-state index is 14.0. The average Bonchev–Trinajstić information content (AvgIpc) is 2.81. The highest BCUT2D eigenvalue weighted by molar-refractivity contribution is 5.79. The molecule has 0 aliphatic carbocycles. The molecule has 2 heterocycles. The minimum Gasteiger partial charge on any atom is -0.380 e. The van der Waals surface area contributed by atoms with Crippen LogP contribution in [0.15, 0.2) is 54.7 Å². The molecule has 2 aromatic carbocycles. The Hall–Kier alpha value is -3.72. The van der Waals surface area contributed by atoms with E-state index in [0.717, 1.165) is 43.7 Å². The van der Waals surface area contributed by atoms with Crippen molar-refractivity contribution in [2.24, 2.45) is 5.73 Å². The van der Waals surface area contributed by atoms with Crippen molar-refractivity contribution >= 4 is 28.8 Å². The summed E-state index contributed by atoms with van der Waals surface area (Å²) < 4.78 is 32.6. The lowest BCUT2D eigenvalue weighted by Crippen LogP contribution is -2.36. The second-order valence-electron chi connectivity index (χ2n) is 7.73. The standard InChI is InChI=1S/C24H25F2N5O2/c25-18-2-1-16(21(26)12-18)14-28-22-13-24(29-15-17(22)11-23(27)32)30-19-3-5-20(6-4-19)31-7-9-33-10-8-31/h1-6,12-13,15H,7-11,14H2,(H2,27,32)(H2,28,29,30). The molecule has 9 heteroatoms. The number of nitrogens with two attached hydrogens (primary N) is 1. The predicted octanol–water partition coefficient (Wildman–Crippen LogP) is 3.58. The number of pyridine rings is 1. The highest BCUT2D eigenvalue weighted by Crippen LogP contribution is 2.25. The second-order valence-corrected chi connectivity index (χ2v) is 7.73. The van der Waals surface area contributed by atoms with Crippen LogP contribution in [-0.4, -0.2) is 37.2 Å². The van der Waals surface area contributed by atoms with Gasteiger partial charge in [-0.15, -0.1) is 0 Å². The number of rotatable bonds is 8. The fourth-order valence-corrected chi connectivity index (χ4v) is 3.63. The molecule has 1 amide bonds. The molecule has 1 aromatic heterocycles. The third-order valence-corrected chi connectivity index (χ3v) is 5.35. The molecule has 0 atom stereocenters. The van der Waals surface area contributed by atoms with E-state index in [1.54, 1.807) is 12.3 Å². The van der Waals surface area contributed by atoms with Crippen LogP contribution < -0.4 is 21.3 Å². The number of halogens is 2. The van der Waals surface area contributed by atoms with Gasteiger partial charge in [-0.3, -0.25) is 4.79 Å². The molecule has 4 rings (SSSR count). The molecular formula is C24H25F2N5O2. The van der Waals surface area contributed by atoms with E-state index in [2.05, 4.69) is 20.5 Å². The summed E-state index contributed by atoms with van der Waals surface area (Å²) >= 11 is 0. The number of carbonyl (C=O) groups is 1. The van der Waals surface area contributed by atoms with Crippen LogP contribution in [0.5, 0.6) is 0 Å². The number of amides is 1. The van der Waals surface area contributed by atoms with E-state index in [0.29, 0.717) is 22.6 Å². The molecule has 1 aliphatic heterocycles. The van der Waals surface area contributed by atoms with Crippen molar-refractivity contribution in [3.05, 3.63) is 77.5 Å². The molecule has 0 unspecified atom stereocenters. The van der Waals surface area contributed by atoms with Gasteiger partial charge in [-0.2, -0.15) is 0 Å². The van der Waals surface area contributed by atoms with Gasteiger partial charge in [-0.1, -0.05) is 6.07 Å². The van der Waals surface area contributed by atoms with Gasteiger partial charge >= 0.3 is 0 Å². The quantitative estimate of drug-likeness (QED) is 0.483. The normalized spacial score (nSPS) is 13.6. The Balaban J connectivity index is 1.49. The van der Waals surface area contributed by atoms with Crippen molar-refractivity contribution in [3.8, 4) is 0 Å². The Labute approximate surface area is 190 Å². The number of anilines is 4. The second kappa shape index (κ2) is 10.3. The van der Waals surface area contributed by atoms with Crippen LogP contribution in [0.3, 0.4) is 0 Å². The van der Waals surface area contributed by atoms with Crippen LogP contribution >= 0.6 is 0 Å². The largest absolute Gasteiger partial charge is 0.380 e. The minimum atomic E-state index is -0.647. The number of nitrogens with one attached hydrogen (secondary N) is 2. The van der Waals surface area contributed by atoms with E-state index in [1.165, 1.54) is 12.1 Å². The topological polar surface area (TPSA) is 92.5 Å². The van der Waals surface area contributed by atoms with Crippen molar-refractivity contribution in [1.82, 2.24) is 4.98 Å². The summed E-state index contributed by atoms with van der Waals surface area (Å²) in [7, 11) is 0. The Morgan fingerprint density at radius 2 is 1.82 bits per heavy atom. The molecule has 0 saturated carbocycles. The Morgan fingerprint density at radius 1 is 1.06 bits per heavy atom. The third kappa shape index (κ3) is 5.95. The van der Waals surface area contributed by atoms with Gasteiger partial charge in [-0.05, 0) is 30.3 Å². The van der Waals surface area contributed by atoms with Gasteiger partial charge in [0.2, 0.25) is 5.91 Å². The zero-order valence-electron chi connectivity index (χ0n) is 18.0. The summed E-state index contributed by atoms with van der Waals surface area (Å²) in [5.41, 5.74) is 8.79. The zero-order valence-corrected chi connectivity index (χ0v) is 18.0. The Bertz CT molecular complexity index is 1120. The van der Waals surface area contributed by atoms with Gasteiger partial charge in [0.1, 0.15) is 17.5 Å². The van der Waals surface area contributed by atoms with Crippen molar-refractivity contribution in [1.29, 1.82) is 0 Å². The summed E-state index contributed by atoms with van der Waals surface area (Å²) in [6, 6.07) is 13.1.